The Bertz CT molecular complexity index is 1560. The number of ether oxygens (including phenoxy) is 2. The summed E-state index contributed by atoms with van der Waals surface area (Å²) in [5.41, 5.74) is 5.15. The molecular formula is C39H47N3O7. The summed E-state index contributed by atoms with van der Waals surface area (Å²) in [4.78, 5) is 59.7. The second-order valence-electron chi connectivity index (χ2n) is 12.8. The van der Waals surface area contributed by atoms with E-state index < -0.39 is 47.9 Å². The van der Waals surface area contributed by atoms with Gasteiger partial charge < -0.3 is 20.1 Å². The number of hydroxylamine groups is 2. The molecule has 0 heterocycles. The van der Waals surface area contributed by atoms with Gasteiger partial charge in [0.1, 0.15) is 31.3 Å². The molecule has 260 valence electrons. The van der Waals surface area contributed by atoms with Crippen LogP contribution in [0.4, 0.5) is 4.79 Å². The van der Waals surface area contributed by atoms with Crippen LogP contribution >= 0.6 is 0 Å². The fraction of sp³-hybridized carbons (Fsp3) is 0.385. The summed E-state index contributed by atoms with van der Waals surface area (Å²) in [7, 11) is 0. The standard InChI is InChI=1S/C39H47N3O7/c1-7-8-22-49-42(35(26(4)5)36(43)41-34(25(2)3)38(45)47-23-28-16-10-9-11-17-28)37(44)27(6)40-39(46)48-24-33-31-20-14-12-18-29(31)30-19-13-15-21-32(30)33/h7,9-21,25-27,33-35H,1,8,22-24H2,2-6H3,(H,40,46)(H,41,43)/t27-,34-,35-/m0/s1. The number of esters is 1. The van der Waals surface area contributed by atoms with Crippen LogP contribution in [-0.2, 0) is 35.3 Å². The minimum Gasteiger partial charge on any atom is -0.459 e. The lowest BCUT2D eigenvalue weighted by molar-refractivity contribution is -0.207. The van der Waals surface area contributed by atoms with Crippen LogP contribution in [0.3, 0.4) is 0 Å². The van der Waals surface area contributed by atoms with Gasteiger partial charge >= 0.3 is 12.1 Å². The van der Waals surface area contributed by atoms with Gasteiger partial charge in [-0.3, -0.25) is 14.4 Å². The molecule has 10 heteroatoms. The lowest BCUT2D eigenvalue weighted by Crippen LogP contribution is -2.59. The Kier molecular flexibility index (Phi) is 13.1. The zero-order chi connectivity index (χ0) is 35.5. The van der Waals surface area contributed by atoms with E-state index in [2.05, 4.69) is 17.2 Å². The molecule has 0 fully saturated rings. The molecule has 0 unspecified atom stereocenters. The number of rotatable bonds is 16. The number of amides is 3. The molecule has 0 saturated carbocycles. The number of carbonyl (C=O) groups is 4. The molecule has 0 aromatic heterocycles. The summed E-state index contributed by atoms with van der Waals surface area (Å²) in [5.74, 6) is -2.72. The van der Waals surface area contributed by atoms with Crippen LogP contribution in [0.5, 0.6) is 0 Å². The molecule has 4 rings (SSSR count). The van der Waals surface area contributed by atoms with Gasteiger partial charge in [0.2, 0.25) is 5.91 Å². The zero-order valence-corrected chi connectivity index (χ0v) is 28.9. The number of nitrogens with zero attached hydrogens (tertiary/aromatic N) is 1. The first-order valence-corrected chi connectivity index (χ1v) is 16.7. The Labute approximate surface area is 288 Å². The molecule has 0 radical (unpaired) electrons. The lowest BCUT2D eigenvalue weighted by atomic mass is 9.98. The molecule has 3 amide bonds. The lowest BCUT2D eigenvalue weighted by Gasteiger charge is -2.35. The number of benzene rings is 3. The monoisotopic (exact) mass is 669 g/mol. The third-order valence-corrected chi connectivity index (χ3v) is 8.41. The summed E-state index contributed by atoms with van der Waals surface area (Å²) in [6, 6.07) is 22.0. The average Bonchev–Trinajstić information content (AvgIpc) is 3.41. The van der Waals surface area contributed by atoms with Crippen LogP contribution in [0.2, 0.25) is 0 Å². The van der Waals surface area contributed by atoms with E-state index in [1.807, 2.05) is 78.9 Å². The zero-order valence-electron chi connectivity index (χ0n) is 28.9. The summed E-state index contributed by atoms with van der Waals surface area (Å²) >= 11 is 0. The second kappa shape index (κ2) is 17.4. The Morgan fingerprint density at radius 2 is 1.39 bits per heavy atom. The number of hydrogen-bond acceptors (Lipinski definition) is 7. The summed E-state index contributed by atoms with van der Waals surface area (Å²) in [6.45, 7) is 12.5. The van der Waals surface area contributed by atoms with Crippen LogP contribution in [0.25, 0.3) is 11.1 Å². The number of alkyl carbamates (subject to hydrolysis) is 1. The Hall–Kier alpha value is -4.96. The molecule has 0 saturated heterocycles. The van der Waals surface area contributed by atoms with Gasteiger partial charge in [0.15, 0.2) is 0 Å². The molecule has 10 nitrogen and oxygen atoms in total. The van der Waals surface area contributed by atoms with Gasteiger partial charge in [-0.2, -0.15) is 0 Å². The van der Waals surface area contributed by atoms with Crippen molar-refractivity contribution < 1.29 is 33.5 Å². The van der Waals surface area contributed by atoms with E-state index in [0.717, 1.165) is 32.9 Å². The Morgan fingerprint density at radius 3 is 1.96 bits per heavy atom. The molecule has 3 aromatic carbocycles. The molecule has 1 aliphatic rings. The van der Waals surface area contributed by atoms with E-state index in [4.69, 9.17) is 14.3 Å². The van der Waals surface area contributed by atoms with Crippen LogP contribution in [-0.4, -0.2) is 60.3 Å². The number of carbonyl (C=O) groups excluding carboxylic acids is 4. The number of nitrogens with one attached hydrogen (secondary N) is 2. The first-order chi connectivity index (χ1) is 23.5. The first-order valence-electron chi connectivity index (χ1n) is 16.7. The van der Waals surface area contributed by atoms with E-state index in [-0.39, 0.29) is 31.7 Å². The summed E-state index contributed by atoms with van der Waals surface area (Å²) in [6.07, 6.45) is 1.26. The highest BCUT2D eigenvalue weighted by Crippen LogP contribution is 2.44. The van der Waals surface area contributed by atoms with Crippen molar-refractivity contribution in [3.63, 3.8) is 0 Å². The average molecular weight is 670 g/mol. The predicted octanol–water partition coefficient (Wildman–Crippen LogP) is 6.16. The van der Waals surface area contributed by atoms with Crippen LogP contribution in [0.15, 0.2) is 91.5 Å². The molecule has 49 heavy (non-hydrogen) atoms. The minimum absolute atomic E-state index is 0.0563. The molecule has 3 aromatic rings. The van der Waals surface area contributed by atoms with E-state index in [9.17, 15) is 19.2 Å². The molecule has 0 aliphatic heterocycles. The molecule has 2 N–H and O–H groups in total. The first kappa shape index (κ1) is 36.9. The van der Waals surface area contributed by atoms with E-state index >= 15 is 0 Å². The fourth-order valence-corrected chi connectivity index (χ4v) is 5.82. The molecule has 0 bridgehead atoms. The maximum absolute atomic E-state index is 13.9. The van der Waals surface area contributed by atoms with Gasteiger partial charge in [-0.1, -0.05) is 113 Å². The van der Waals surface area contributed by atoms with Crippen LogP contribution < -0.4 is 10.6 Å². The van der Waals surface area contributed by atoms with Crippen LogP contribution in [0.1, 0.15) is 63.6 Å². The normalized spacial score (nSPS) is 13.9. The van der Waals surface area contributed by atoms with E-state index in [0.29, 0.717) is 6.42 Å². The SMILES string of the molecule is C=CCCON(C(=O)[C@H](C)NC(=O)OCC1c2ccccc2-c2ccccc21)[C@H](C(=O)N[C@H](C(=O)OCc1ccccc1)C(C)C)C(C)C. The fourth-order valence-electron chi connectivity index (χ4n) is 5.82. The Balaban J connectivity index is 1.43. The molecule has 3 atom stereocenters. The predicted molar refractivity (Wildman–Crippen MR) is 187 cm³/mol. The van der Waals surface area contributed by atoms with Crippen molar-refractivity contribution in [1.29, 1.82) is 0 Å². The number of hydrogen-bond donors (Lipinski definition) is 2. The number of fused-ring (bicyclic) bond motifs is 3. The smallest absolute Gasteiger partial charge is 0.407 e. The highest BCUT2D eigenvalue weighted by Gasteiger charge is 2.39. The van der Waals surface area contributed by atoms with Crippen molar-refractivity contribution in [1.82, 2.24) is 15.7 Å². The molecular weight excluding hydrogens is 622 g/mol. The molecule has 0 spiro atoms. The van der Waals surface area contributed by atoms with Gasteiger partial charge in [-0.05, 0) is 53.0 Å². The highest BCUT2D eigenvalue weighted by atomic mass is 16.7. The van der Waals surface area contributed by atoms with Crippen molar-refractivity contribution in [2.45, 2.75) is 71.7 Å². The van der Waals surface area contributed by atoms with Gasteiger partial charge in [0.05, 0.1) is 6.61 Å². The summed E-state index contributed by atoms with van der Waals surface area (Å²) < 4.78 is 11.2. The third kappa shape index (κ3) is 9.35. The quantitative estimate of drug-likeness (QED) is 0.0811. The maximum Gasteiger partial charge on any atom is 0.407 e. The van der Waals surface area contributed by atoms with Crippen molar-refractivity contribution in [2.75, 3.05) is 13.2 Å². The topological polar surface area (TPSA) is 123 Å². The maximum atomic E-state index is 13.9. The summed E-state index contributed by atoms with van der Waals surface area (Å²) in [5, 5.41) is 6.38. The van der Waals surface area contributed by atoms with Gasteiger partial charge in [-0.25, -0.2) is 14.7 Å². The van der Waals surface area contributed by atoms with Gasteiger partial charge in [0.25, 0.3) is 5.91 Å². The van der Waals surface area contributed by atoms with Gasteiger partial charge in [-0.15, -0.1) is 6.58 Å². The second-order valence-corrected chi connectivity index (χ2v) is 12.8. The highest BCUT2D eigenvalue weighted by molar-refractivity contribution is 5.92. The van der Waals surface area contributed by atoms with Gasteiger partial charge in [0, 0.05) is 5.92 Å². The van der Waals surface area contributed by atoms with Crippen LogP contribution in [0, 0.1) is 11.8 Å². The van der Waals surface area contributed by atoms with Crippen molar-refractivity contribution in [2.24, 2.45) is 11.8 Å². The van der Waals surface area contributed by atoms with E-state index in [1.165, 1.54) is 6.92 Å². The van der Waals surface area contributed by atoms with Crippen molar-refractivity contribution in [3.05, 3.63) is 108 Å². The van der Waals surface area contributed by atoms with Crippen molar-refractivity contribution in [3.8, 4) is 11.1 Å². The minimum atomic E-state index is -1.13. The molecule has 1 aliphatic carbocycles. The largest absolute Gasteiger partial charge is 0.459 e. The van der Waals surface area contributed by atoms with Crippen molar-refractivity contribution >= 4 is 23.9 Å². The third-order valence-electron chi connectivity index (χ3n) is 8.41. The van der Waals surface area contributed by atoms with E-state index in [1.54, 1.807) is 33.8 Å². The Morgan fingerprint density at radius 1 is 0.796 bits per heavy atom.